The minimum atomic E-state index is -4.49. The molecule has 0 unspecified atom stereocenters. The number of rotatable bonds is 4. The number of alkyl halides is 3. The molecule has 0 aliphatic carbocycles. The minimum absolute atomic E-state index is 0.124. The van der Waals surface area contributed by atoms with E-state index < -0.39 is 17.6 Å². The molecule has 100 valence electrons. The van der Waals surface area contributed by atoms with Crippen LogP contribution in [0.4, 0.5) is 18.9 Å². The van der Waals surface area contributed by atoms with Crippen LogP contribution >= 0.6 is 0 Å². The van der Waals surface area contributed by atoms with Crippen molar-refractivity contribution in [1.82, 2.24) is 5.32 Å². The molecule has 1 aromatic carbocycles. The van der Waals surface area contributed by atoms with Gasteiger partial charge >= 0.3 is 6.18 Å². The zero-order chi connectivity index (χ0) is 13.8. The number of nitrogens with one attached hydrogen (secondary N) is 2. The van der Waals surface area contributed by atoms with Crippen LogP contribution in [0.2, 0.25) is 0 Å². The summed E-state index contributed by atoms with van der Waals surface area (Å²) < 4.78 is 37.6. The average molecular weight is 261 g/mol. The van der Waals surface area contributed by atoms with Crippen LogP contribution in [0.15, 0.2) is 18.2 Å². The third-order valence-electron chi connectivity index (χ3n) is 2.28. The van der Waals surface area contributed by atoms with Gasteiger partial charge in [-0.2, -0.15) is 13.2 Å². The lowest BCUT2D eigenvalue weighted by atomic mass is 10.1. The lowest BCUT2D eigenvalue weighted by Crippen LogP contribution is -2.26. The third-order valence-corrected chi connectivity index (χ3v) is 2.28. The summed E-state index contributed by atoms with van der Waals surface area (Å²) in [4.78, 5) is 11.7. The number of benzene rings is 1. The fraction of sp³-hybridized carbons (Fsp3) is 0.364. The molecule has 0 aromatic heterocycles. The molecule has 0 atom stereocenters. The molecule has 1 rings (SSSR count). The standard InChI is InChI=1S/C11H14F3N3O/c1-2-5-16-10(18)8-6-7(11(12,13)14)3-4-9(8)17-15/h3-4,6,17H,2,5,15H2,1H3,(H,16,18). The molecule has 0 aliphatic heterocycles. The van der Waals surface area contributed by atoms with Crippen molar-refractivity contribution in [1.29, 1.82) is 0 Å². The van der Waals surface area contributed by atoms with E-state index in [1.165, 1.54) is 0 Å². The number of carbonyl (C=O) groups is 1. The van der Waals surface area contributed by atoms with Crippen molar-refractivity contribution in [3.05, 3.63) is 29.3 Å². The zero-order valence-electron chi connectivity index (χ0n) is 9.77. The van der Waals surface area contributed by atoms with Gasteiger partial charge in [-0.1, -0.05) is 6.92 Å². The fourth-order valence-corrected chi connectivity index (χ4v) is 1.37. The number of nitrogen functional groups attached to an aromatic ring is 1. The first-order valence-corrected chi connectivity index (χ1v) is 5.36. The second-order valence-electron chi connectivity index (χ2n) is 3.66. The Hall–Kier alpha value is -1.76. The van der Waals surface area contributed by atoms with Gasteiger partial charge < -0.3 is 10.7 Å². The Morgan fingerprint density at radius 3 is 2.56 bits per heavy atom. The van der Waals surface area contributed by atoms with Crippen LogP contribution in [0.25, 0.3) is 0 Å². The van der Waals surface area contributed by atoms with Gasteiger partial charge in [0, 0.05) is 6.54 Å². The Balaban J connectivity index is 3.10. The zero-order valence-corrected chi connectivity index (χ0v) is 9.77. The molecule has 0 spiro atoms. The van der Waals surface area contributed by atoms with Gasteiger partial charge in [-0.25, -0.2) is 0 Å². The van der Waals surface area contributed by atoms with E-state index in [1.54, 1.807) is 0 Å². The third kappa shape index (κ3) is 3.36. The number of anilines is 1. The highest BCUT2D eigenvalue weighted by molar-refractivity contribution is 5.99. The largest absolute Gasteiger partial charge is 0.416 e. The predicted molar refractivity (Wildman–Crippen MR) is 61.9 cm³/mol. The number of hydrogen-bond donors (Lipinski definition) is 3. The lowest BCUT2D eigenvalue weighted by Gasteiger charge is -2.13. The van der Waals surface area contributed by atoms with E-state index >= 15 is 0 Å². The SMILES string of the molecule is CCCNC(=O)c1cc(C(F)(F)F)ccc1NN. The summed E-state index contributed by atoms with van der Waals surface area (Å²) in [5.74, 6) is 4.58. The Morgan fingerprint density at radius 2 is 2.06 bits per heavy atom. The molecule has 18 heavy (non-hydrogen) atoms. The molecule has 0 fully saturated rings. The van der Waals surface area contributed by atoms with Crippen LogP contribution in [0.1, 0.15) is 29.3 Å². The normalized spacial score (nSPS) is 11.2. The summed E-state index contributed by atoms with van der Waals surface area (Å²) in [6.07, 6.45) is -3.80. The van der Waals surface area contributed by atoms with E-state index in [0.717, 1.165) is 18.2 Å². The number of hydrazine groups is 1. The van der Waals surface area contributed by atoms with E-state index in [1.807, 2.05) is 6.92 Å². The first kappa shape index (κ1) is 14.3. The summed E-state index contributed by atoms with van der Waals surface area (Å²) >= 11 is 0. The first-order chi connectivity index (χ1) is 8.40. The van der Waals surface area contributed by atoms with Gasteiger partial charge in [0.1, 0.15) is 0 Å². The van der Waals surface area contributed by atoms with E-state index in [2.05, 4.69) is 10.7 Å². The molecule has 4 N–H and O–H groups in total. The van der Waals surface area contributed by atoms with Gasteiger partial charge in [0.05, 0.1) is 16.8 Å². The number of amides is 1. The van der Waals surface area contributed by atoms with E-state index in [0.29, 0.717) is 13.0 Å². The maximum atomic E-state index is 12.5. The number of nitrogens with two attached hydrogens (primary N) is 1. The lowest BCUT2D eigenvalue weighted by molar-refractivity contribution is -0.137. The molecule has 1 aromatic rings. The van der Waals surface area contributed by atoms with Gasteiger partial charge in [0.15, 0.2) is 0 Å². The van der Waals surface area contributed by atoms with Crippen LogP contribution in [0, 0.1) is 0 Å². The number of halogens is 3. The Bertz CT molecular complexity index is 432. The predicted octanol–water partition coefficient (Wildman–Crippen LogP) is 2.13. The summed E-state index contributed by atoms with van der Waals surface area (Å²) in [5.41, 5.74) is 1.34. The van der Waals surface area contributed by atoms with E-state index in [4.69, 9.17) is 5.84 Å². The van der Waals surface area contributed by atoms with Gasteiger partial charge in [-0.3, -0.25) is 10.6 Å². The monoisotopic (exact) mass is 261 g/mol. The van der Waals surface area contributed by atoms with Crippen molar-refractivity contribution in [2.45, 2.75) is 19.5 Å². The van der Waals surface area contributed by atoms with Gasteiger partial charge in [-0.05, 0) is 24.6 Å². The molecule has 1 amide bonds. The molecule has 0 aliphatic rings. The first-order valence-electron chi connectivity index (χ1n) is 5.36. The molecule has 0 heterocycles. The Morgan fingerprint density at radius 1 is 1.39 bits per heavy atom. The van der Waals surface area contributed by atoms with Crippen LogP contribution in [-0.4, -0.2) is 12.5 Å². The van der Waals surface area contributed by atoms with Gasteiger partial charge in [0.2, 0.25) is 0 Å². The highest BCUT2D eigenvalue weighted by Gasteiger charge is 2.31. The number of hydrogen-bond acceptors (Lipinski definition) is 3. The molecule has 4 nitrogen and oxygen atoms in total. The van der Waals surface area contributed by atoms with Crippen molar-refractivity contribution >= 4 is 11.6 Å². The highest BCUT2D eigenvalue weighted by atomic mass is 19.4. The van der Waals surface area contributed by atoms with Crippen LogP contribution in [-0.2, 0) is 6.18 Å². The van der Waals surface area contributed by atoms with Crippen LogP contribution in [0.3, 0.4) is 0 Å². The number of carbonyl (C=O) groups excluding carboxylic acids is 1. The topological polar surface area (TPSA) is 67.2 Å². The molecular formula is C11H14F3N3O. The maximum Gasteiger partial charge on any atom is 0.416 e. The van der Waals surface area contributed by atoms with Crippen LogP contribution in [0.5, 0.6) is 0 Å². The van der Waals surface area contributed by atoms with E-state index in [9.17, 15) is 18.0 Å². The molecule has 0 saturated carbocycles. The van der Waals surface area contributed by atoms with Crippen LogP contribution < -0.4 is 16.6 Å². The fourth-order valence-electron chi connectivity index (χ4n) is 1.37. The summed E-state index contributed by atoms with van der Waals surface area (Å²) in [6.45, 7) is 2.23. The van der Waals surface area contributed by atoms with Crippen molar-refractivity contribution in [2.75, 3.05) is 12.0 Å². The van der Waals surface area contributed by atoms with Crippen molar-refractivity contribution < 1.29 is 18.0 Å². The maximum absolute atomic E-state index is 12.5. The van der Waals surface area contributed by atoms with Gasteiger partial charge in [-0.15, -0.1) is 0 Å². The van der Waals surface area contributed by atoms with Crippen molar-refractivity contribution in [3.8, 4) is 0 Å². The summed E-state index contributed by atoms with van der Waals surface area (Å²) in [6, 6.07) is 2.77. The Kier molecular flexibility index (Phi) is 4.55. The highest BCUT2D eigenvalue weighted by Crippen LogP contribution is 2.31. The Labute approximate surface area is 102 Å². The molecule has 7 heteroatoms. The average Bonchev–Trinajstić information content (AvgIpc) is 2.34. The van der Waals surface area contributed by atoms with Gasteiger partial charge in [0.25, 0.3) is 5.91 Å². The molecule has 0 bridgehead atoms. The second kappa shape index (κ2) is 5.72. The van der Waals surface area contributed by atoms with E-state index in [-0.39, 0.29) is 11.3 Å². The second-order valence-corrected chi connectivity index (χ2v) is 3.66. The smallest absolute Gasteiger partial charge is 0.352 e. The van der Waals surface area contributed by atoms with Crippen molar-refractivity contribution in [2.24, 2.45) is 5.84 Å². The quantitative estimate of drug-likeness (QED) is 0.574. The molecular weight excluding hydrogens is 247 g/mol. The molecule has 0 saturated heterocycles. The summed E-state index contributed by atoms with van der Waals surface area (Å²) in [7, 11) is 0. The minimum Gasteiger partial charge on any atom is -0.352 e. The summed E-state index contributed by atoms with van der Waals surface area (Å²) in [5, 5.41) is 2.50. The molecule has 0 radical (unpaired) electrons. The van der Waals surface area contributed by atoms with Crippen molar-refractivity contribution in [3.63, 3.8) is 0 Å².